The average Bonchev–Trinajstić information content (AvgIpc) is 2.55. The molecule has 2 rings (SSSR count). The maximum atomic E-state index is 13.2. The Morgan fingerprint density at radius 2 is 1.75 bits per heavy atom. The molecule has 1 N–H and O–H groups in total. The van der Waals surface area contributed by atoms with Crippen molar-refractivity contribution in [1.82, 2.24) is 0 Å². The van der Waals surface area contributed by atoms with Crippen molar-refractivity contribution >= 4 is 50.5 Å². The molecule has 2 aromatic carbocycles. The van der Waals surface area contributed by atoms with Crippen LogP contribution in [0.5, 0.6) is 0 Å². The number of anilines is 2. The van der Waals surface area contributed by atoms with Crippen molar-refractivity contribution in [2.45, 2.75) is 6.18 Å². The van der Waals surface area contributed by atoms with Crippen LogP contribution >= 0.6 is 23.2 Å². The molecule has 0 aliphatic rings. The van der Waals surface area contributed by atoms with Crippen LogP contribution in [0.15, 0.2) is 36.4 Å². The number of halogens is 6. The topological polar surface area (TPSA) is 66.5 Å². The molecule has 0 spiro atoms. The molecule has 12 heteroatoms. The Labute approximate surface area is 167 Å². The third-order valence-corrected chi connectivity index (χ3v) is 5.19. The summed E-state index contributed by atoms with van der Waals surface area (Å²) in [7, 11) is -4.12. The fraction of sp³-hybridized carbons (Fsp3) is 0.188. The molecule has 0 saturated carbocycles. The van der Waals surface area contributed by atoms with Crippen molar-refractivity contribution in [2.75, 3.05) is 22.4 Å². The number of sulfonamides is 1. The van der Waals surface area contributed by atoms with Crippen molar-refractivity contribution < 1.29 is 30.8 Å². The van der Waals surface area contributed by atoms with Gasteiger partial charge >= 0.3 is 6.18 Å². The van der Waals surface area contributed by atoms with Gasteiger partial charge < -0.3 is 5.32 Å². The fourth-order valence-corrected chi connectivity index (χ4v) is 3.44. The van der Waals surface area contributed by atoms with E-state index in [9.17, 15) is 30.8 Å². The molecule has 5 nitrogen and oxygen atoms in total. The number of nitrogens with zero attached hydrogens (tertiary/aromatic N) is 1. The molecule has 28 heavy (non-hydrogen) atoms. The van der Waals surface area contributed by atoms with Gasteiger partial charge in [-0.05, 0) is 36.4 Å². The Hall–Kier alpha value is -2.04. The second-order valence-electron chi connectivity index (χ2n) is 5.61. The van der Waals surface area contributed by atoms with E-state index in [0.717, 1.165) is 30.5 Å². The Kier molecular flexibility index (Phi) is 6.47. The monoisotopic (exact) mass is 458 g/mol. The normalized spacial score (nSPS) is 12.0. The van der Waals surface area contributed by atoms with Gasteiger partial charge in [0, 0.05) is 5.69 Å². The Bertz CT molecular complexity index is 1010. The third kappa shape index (κ3) is 5.49. The summed E-state index contributed by atoms with van der Waals surface area (Å²) in [5, 5.41) is 1.41. The molecule has 1 amide bonds. The predicted molar refractivity (Wildman–Crippen MR) is 98.7 cm³/mol. The van der Waals surface area contributed by atoms with E-state index in [1.807, 2.05) is 0 Å². The molecule has 0 bridgehead atoms. The minimum Gasteiger partial charge on any atom is -0.324 e. The van der Waals surface area contributed by atoms with Crippen LogP contribution in [-0.2, 0) is 21.0 Å². The van der Waals surface area contributed by atoms with E-state index in [0.29, 0.717) is 10.4 Å². The molecule has 0 atom stereocenters. The Morgan fingerprint density at radius 3 is 2.29 bits per heavy atom. The highest BCUT2D eigenvalue weighted by atomic mass is 35.5. The third-order valence-electron chi connectivity index (χ3n) is 3.43. The van der Waals surface area contributed by atoms with Crippen molar-refractivity contribution in [3.05, 3.63) is 57.8 Å². The summed E-state index contributed by atoms with van der Waals surface area (Å²) >= 11 is 11.1. The van der Waals surface area contributed by atoms with E-state index in [1.165, 1.54) is 6.07 Å². The number of hydrogen-bond donors (Lipinski definition) is 1. The van der Waals surface area contributed by atoms with Gasteiger partial charge in [-0.2, -0.15) is 13.2 Å². The highest BCUT2D eigenvalue weighted by molar-refractivity contribution is 7.92. The largest absolute Gasteiger partial charge is 0.417 e. The number of nitrogens with one attached hydrogen (secondary N) is 1. The van der Waals surface area contributed by atoms with E-state index in [4.69, 9.17) is 23.2 Å². The van der Waals surface area contributed by atoms with Crippen LogP contribution in [0.2, 0.25) is 10.0 Å². The lowest BCUT2D eigenvalue weighted by atomic mass is 10.2. The SMILES string of the molecule is CS(=O)(=O)N(CC(=O)Nc1ccc(F)c(Cl)c1)c1ccc(Cl)c(C(F)(F)F)c1. The standard InChI is InChI=1S/C16H12Cl2F4N2O3S/c1-28(26,27)24(10-3-4-12(17)11(7-10)16(20,21)22)8-15(25)23-9-2-5-14(19)13(18)6-9/h2-7H,8H2,1H3,(H,23,25). The number of carbonyl (C=O) groups is 1. The number of benzene rings is 2. The quantitative estimate of drug-likeness (QED) is 0.668. The summed E-state index contributed by atoms with van der Waals surface area (Å²) in [6.07, 6.45) is -4.08. The van der Waals surface area contributed by atoms with Gasteiger partial charge in [0.1, 0.15) is 12.4 Å². The van der Waals surface area contributed by atoms with Crippen molar-refractivity contribution in [1.29, 1.82) is 0 Å². The first kappa shape index (κ1) is 22.3. The Morgan fingerprint density at radius 1 is 1.11 bits per heavy atom. The van der Waals surface area contributed by atoms with Crippen LogP contribution in [0.1, 0.15) is 5.56 Å². The van der Waals surface area contributed by atoms with Crippen LogP contribution in [0.25, 0.3) is 0 Å². The van der Waals surface area contributed by atoms with E-state index in [2.05, 4.69) is 5.32 Å². The summed E-state index contributed by atoms with van der Waals surface area (Å²) in [5.41, 5.74) is -1.56. The number of carbonyl (C=O) groups excluding carboxylic acids is 1. The van der Waals surface area contributed by atoms with Crippen molar-refractivity contribution in [3.8, 4) is 0 Å². The summed E-state index contributed by atoms with van der Waals surface area (Å²) in [6, 6.07) is 5.74. The number of rotatable bonds is 5. The van der Waals surface area contributed by atoms with Crippen LogP contribution in [0.4, 0.5) is 28.9 Å². The summed E-state index contributed by atoms with van der Waals surface area (Å²) < 4.78 is 76.8. The second kappa shape index (κ2) is 8.14. The maximum absolute atomic E-state index is 13.2. The molecule has 0 saturated heterocycles. The lowest BCUT2D eigenvalue weighted by Crippen LogP contribution is -2.37. The number of amides is 1. The van der Waals surface area contributed by atoms with E-state index in [1.54, 1.807) is 0 Å². The second-order valence-corrected chi connectivity index (χ2v) is 8.33. The highest BCUT2D eigenvalue weighted by Crippen LogP contribution is 2.37. The lowest BCUT2D eigenvalue weighted by Gasteiger charge is -2.23. The highest BCUT2D eigenvalue weighted by Gasteiger charge is 2.34. The van der Waals surface area contributed by atoms with Crippen LogP contribution in [-0.4, -0.2) is 27.1 Å². The zero-order chi connectivity index (χ0) is 21.3. The molecule has 2 aromatic rings. The van der Waals surface area contributed by atoms with Crippen LogP contribution in [0, 0.1) is 5.82 Å². The summed E-state index contributed by atoms with van der Waals surface area (Å²) in [4.78, 5) is 12.2. The minimum absolute atomic E-state index is 0.0805. The van der Waals surface area contributed by atoms with Gasteiger partial charge in [0.25, 0.3) is 0 Å². The van der Waals surface area contributed by atoms with Gasteiger partial charge in [-0.3, -0.25) is 9.10 Å². The first-order valence-electron chi connectivity index (χ1n) is 7.38. The molecule has 0 aliphatic carbocycles. The zero-order valence-electron chi connectivity index (χ0n) is 14.0. The van der Waals surface area contributed by atoms with Gasteiger partial charge in [0.15, 0.2) is 0 Å². The predicted octanol–water partition coefficient (Wildman–Crippen LogP) is 4.56. The van der Waals surface area contributed by atoms with Crippen LogP contribution < -0.4 is 9.62 Å². The first-order chi connectivity index (χ1) is 12.8. The fourth-order valence-electron chi connectivity index (χ4n) is 2.19. The van der Waals surface area contributed by atoms with Crippen molar-refractivity contribution in [3.63, 3.8) is 0 Å². The molecule has 0 fully saturated rings. The maximum Gasteiger partial charge on any atom is 0.417 e. The molecule has 0 heterocycles. The van der Waals surface area contributed by atoms with E-state index < -0.39 is 50.7 Å². The molecule has 0 aromatic heterocycles. The molecule has 0 radical (unpaired) electrons. The smallest absolute Gasteiger partial charge is 0.324 e. The van der Waals surface area contributed by atoms with E-state index in [-0.39, 0.29) is 10.7 Å². The first-order valence-corrected chi connectivity index (χ1v) is 9.99. The summed E-state index contributed by atoms with van der Waals surface area (Å²) in [6.45, 7) is -0.827. The van der Waals surface area contributed by atoms with Crippen molar-refractivity contribution in [2.24, 2.45) is 0 Å². The summed E-state index contributed by atoms with van der Waals surface area (Å²) in [5.74, 6) is -1.60. The Balaban J connectivity index is 2.32. The molecular weight excluding hydrogens is 447 g/mol. The van der Waals surface area contributed by atoms with Gasteiger partial charge in [0.2, 0.25) is 15.9 Å². The van der Waals surface area contributed by atoms with E-state index >= 15 is 0 Å². The van der Waals surface area contributed by atoms with Gasteiger partial charge in [0.05, 0.1) is 27.6 Å². The average molecular weight is 459 g/mol. The van der Waals surface area contributed by atoms with Gasteiger partial charge in [-0.1, -0.05) is 23.2 Å². The lowest BCUT2D eigenvalue weighted by molar-refractivity contribution is -0.137. The van der Waals surface area contributed by atoms with Crippen LogP contribution in [0.3, 0.4) is 0 Å². The minimum atomic E-state index is -4.82. The van der Waals surface area contributed by atoms with Gasteiger partial charge in [-0.15, -0.1) is 0 Å². The molecular formula is C16H12Cl2F4N2O3S. The number of alkyl halides is 3. The zero-order valence-corrected chi connectivity index (χ0v) is 16.3. The van der Waals surface area contributed by atoms with Gasteiger partial charge in [-0.25, -0.2) is 12.8 Å². The molecule has 152 valence electrons. The molecule has 0 aliphatic heterocycles. The number of hydrogen-bond acceptors (Lipinski definition) is 3. The molecule has 0 unspecified atom stereocenters.